The Morgan fingerprint density at radius 1 is 1.32 bits per heavy atom. The van der Waals surface area contributed by atoms with Gasteiger partial charge in [-0.15, -0.1) is 0 Å². The zero-order chi connectivity index (χ0) is 13.8. The molecule has 3 nitrogen and oxygen atoms in total. The van der Waals surface area contributed by atoms with E-state index in [1.807, 2.05) is 25.1 Å². The maximum absolute atomic E-state index is 13.6. The number of hydrogen-bond donors (Lipinski definition) is 1. The van der Waals surface area contributed by atoms with Gasteiger partial charge in [0.15, 0.2) is 0 Å². The molecule has 98 valence electrons. The maximum Gasteiger partial charge on any atom is 0.129 e. The Balaban J connectivity index is 2.15. The Bertz CT molecular complexity index is 626. The van der Waals surface area contributed by atoms with Gasteiger partial charge in [-0.1, -0.05) is 6.92 Å². The summed E-state index contributed by atoms with van der Waals surface area (Å²) in [7, 11) is 0. The van der Waals surface area contributed by atoms with Crippen LogP contribution in [0, 0.1) is 24.1 Å². The van der Waals surface area contributed by atoms with Crippen molar-refractivity contribution >= 4 is 5.69 Å². The van der Waals surface area contributed by atoms with Gasteiger partial charge in [0.1, 0.15) is 17.3 Å². The molecule has 0 saturated heterocycles. The first-order valence-electron chi connectivity index (χ1n) is 6.15. The average Bonchev–Trinajstić information content (AvgIpc) is 2.88. The first-order chi connectivity index (χ1) is 9.13. The molecular weight excluding hydrogens is 243 g/mol. The van der Waals surface area contributed by atoms with Gasteiger partial charge in [0, 0.05) is 17.7 Å². The molecule has 1 aromatic heterocycles. The second kappa shape index (κ2) is 5.57. The van der Waals surface area contributed by atoms with Crippen molar-refractivity contribution in [2.75, 3.05) is 5.32 Å². The van der Waals surface area contributed by atoms with Crippen molar-refractivity contribution < 1.29 is 8.81 Å². The van der Waals surface area contributed by atoms with E-state index >= 15 is 0 Å². The highest BCUT2D eigenvalue weighted by Gasteiger charge is 2.08. The summed E-state index contributed by atoms with van der Waals surface area (Å²) in [6.45, 7) is 4.17. The molecule has 0 bridgehead atoms. The van der Waals surface area contributed by atoms with Crippen LogP contribution in [0.5, 0.6) is 0 Å². The summed E-state index contributed by atoms with van der Waals surface area (Å²) in [5.74, 6) is 1.33. The Kier molecular flexibility index (Phi) is 3.86. The molecule has 0 unspecified atom stereocenters. The number of benzene rings is 1. The largest absolute Gasteiger partial charge is 0.464 e. The first kappa shape index (κ1) is 13.2. The van der Waals surface area contributed by atoms with Crippen LogP contribution in [0.4, 0.5) is 10.1 Å². The van der Waals surface area contributed by atoms with Gasteiger partial charge >= 0.3 is 0 Å². The quantitative estimate of drug-likeness (QED) is 0.908. The summed E-state index contributed by atoms with van der Waals surface area (Å²) in [4.78, 5) is 0. The van der Waals surface area contributed by atoms with Gasteiger partial charge in [0.25, 0.3) is 0 Å². The van der Waals surface area contributed by atoms with Gasteiger partial charge in [-0.25, -0.2) is 4.39 Å². The third kappa shape index (κ3) is 2.94. The zero-order valence-corrected chi connectivity index (χ0v) is 11.0. The fourth-order valence-corrected chi connectivity index (χ4v) is 1.82. The average molecular weight is 258 g/mol. The molecular formula is C15H15FN2O. The van der Waals surface area contributed by atoms with Crippen molar-refractivity contribution in [3.8, 4) is 6.07 Å². The van der Waals surface area contributed by atoms with E-state index in [1.165, 1.54) is 6.07 Å². The molecule has 0 radical (unpaired) electrons. The van der Waals surface area contributed by atoms with Crippen LogP contribution in [0.2, 0.25) is 0 Å². The van der Waals surface area contributed by atoms with Crippen LogP contribution >= 0.6 is 0 Å². The predicted octanol–water partition coefficient (Wildman–Crippen LogP) is 3.77. The third-order valence-corrected chi connectivity index (χ3v) is 2.99. The second-order valence-electron chi connectivity index (χ2n) is 4.32. The number of rotatable bonds is 4. The van der Waals surface area contributed by atoms with Crippen molar-refractivity contribution in [3.63, 3.8) is 0 Å². The lowest BCUT2D eigenvalue weighted by Gasteiger charge is -2.09. The number of hydrogen-bond acceptors (Lipinski definition) is 3. The van der Waals surface area contributed by atoms with Crippen molar-refractivity contribution in [1.82, 2.24) is 0 Å². The molecule has 0 atom stereocenters. The molecule has 4 heteroatoms. The number of nitriles is 1. The van der Waals surface area contributed by atoms with Gasteiger partial charge in [-0.2, -0.15) is 5.26 Å². The van der Waals surface area contributed by atoms with Gasteiger partial charge in [-0.05, 0) is 31.2 Å². The van der Waals surface area contributed by atoms with Crippen LogP contribution in [-0.4, -0.2) is 0 Å². The van der Waals surface area contributed by atoms with Crippen LogP contribution in [-0.2, 0) is 13.0 Å². The van der Waals surface area contributed by atoms with Gasteiger partial charge in [-0.3, -0.25) is 0 Å². The van der Waals surface area contributed by atoms with Crippen LogP contribution in [0.1, 0.15) is 29.6 Å². The summed E-state index contributed by atoms with van der Waals surface area (Å²) in [6.07, 6.45) is 0.845. The molecule has 1 heterocycles. The highest BCUT2D eigenvalue weighted by Crippen LogP contribution is 2.21. The van der Waals surface area contributed by atoms with E-state index in [0.29, 0.717) is 23.4 Å². The Hall–Kier alpha value is -2.28. The smallest absolute Gasteiger partial charge is 0.129 e. The van der Waals surface area contributed by atoms with E-state index in [1.54, 1.807) is 13.0 Å². The van der Waals surface area contributed by atoms with Crippen molar-refractivity contribution in [2.24, 2.45) is 0 Å². The van der Waals surface area contributed by atoms with Crippen molar-refractivity contribution in [2.45, 2.75) is 26.8 Å². The van der Waals surface area contributed by atoms with Gasteiger partial charge < -0.3 is 9.73 Å². The van der Waals surface area contributed by atoms with E-state index in [0.717, 1.165) is 17.9 Å². The zero-order valence-electron chi connectivity index (χ0n) is 11.0. The Morgan fingerprint density at radius 2 is 2.05 bits per heavy atom. The molecule has 0 aliphatic heterocycles. The summed E-state index contributed by atoms with van der Waals surface area (Å²) in [6, 6.07) is 8.64. The normalized spacial score (nSPS) is 10.2. The number of nitrogens with one attached hydrogen (secondary N) is 1. The molecule has 0 saturated carbocycles. The van der Waals surface area contributed by atoms with E-state index in [2.05, 4.69) is 5.32 Å². The SMILES string of the molecule is CCc1ccc(CNc2cc(C#N)cc(F)c2C)o1. The fourth-order valence-electron chi connectivity index (χ4n) is 1.82. The van der Waals surface area contributed by atoms with E-state index in [4.69, 9.17) is 9.68 Å². The van der Waals surface area contributed by atoms with E-state index in [9.17, 15) is 4.39 Å². The lowest BCUT2D eigenvalue weighted by molar-refractivity contribution is 0.476. The predicted molar refractivity (Wildman–Crippen MR) is 71.3 cm³/mol. The lowest BCUT2D eigenvalue weighted by atomic mass is 10.1. The minimum atomic E-state index is -0.379. The van der Waals surface area contributed by atoms with Crippen LogP contribution in [0.25, 0.3) is 0 Å². The van der Waals surface area contributed by atoms with Gasteiger partial charge in [0.05, 0.1) is 18.2 Å². The molecule has 0 aliphatic carbocycles. The van der Waals surface area contributed by atoms with E-state index < -0.39 is 0 Å². The molecule has 19 heavy (non-hydrogen) atoms. The minimum absolute atomic E-state index is 0.305. The summed E-state index contributed by atoms with van der Waals surface area (Å²) >= 11 is 0. The highest BCUT2D eigenvalue weighted by atomic mass is 19.1. The fraction of sp³-hybridized carbons (Fsp3) is 0.267. The second-order valence-corrected chi connectivity index (χ2v) is 4.32. The number of aryl methyl sites for hydroxylation is 1. The molecule has 0 aliphatic rings. The van der Waals surface area contributed by atoms with Crippen molar-refractivity contribution in [3.05, 3.63) is 52.7 Å². The standard InChI is InChI=1S/C15H15FN2O/c1-3-12-4-5-13(19-12)9-18-15-7-11(8-17)6-14(16)10(15)2/h4-7,18H,3,9H2,1-2H3. The highest BCUT2D eigenvalue weighted by molar-refractivity contribution is 5.55. The van der Waals surface area contributed by atoms with E-state index in [-0.39, 0.29) is 5.82 Å². The van der Waals surface area contributed by atoms with Crippen LogP contribution in [0.15, 0.2) is 28.7 Å². The minimum Gasteiger partial charge on any atom is -0.464 e. The molecule has 1 N–H and O–H groups in total. The molecule has 1 aromatic carbocycles. The monoisotopic (exact) mass is 258 g/mol. The number of furan rings is 1. The first-order valence-corrected chi connectivity index (χ1v) is 6.15. The summed E-state index contributed by atoms with van der Waals surface area (Å²) in [5, 5.41) is 11.9. The molecule has 0 fully saturated rings. The van der Waals surface area contributed by atoms with Crippen LogP contribution < -0.4 is 5.32 Å². The molecule has 0 spiro atoms. The van der Waals surface area contributed by atoms with Crippen LogP contribution in [0.3, 0.4) is 0 Å². The number of halogens is 1. The number of anilines is 1. The topological polar surface area (TPSA) is 49.0 Å². The molecule has 0 amide bonds. The summed E-state index contributed by atoms with van der Waals surface area (Å²) < 4.78 is 19.2. The number of nitrogens with zero attached hydrogens (tertiary/aromatic N) is 1. The molecule has 2 rings (SSSR count). The Labute approximate surface area is 111 Å². The summed E-state index contributed by atoms with van der Waals surface area (Å²) in [5.41, 5.74) is 1.42. The maximum atomic E-state index is 13.6. The third-order valence-electron chi connectivity index (χ3n) is 2.99. The molecule has 2 aromatic rings. The van der Waals surface area contributed by atoms with Crippen molar-refractivity contribution in [1.29, 1.82) is 5.26 Å². The Morgan fingerprint density at radius 3 is 2.68 bits per heavy atom. The lowest BCUT2D eigenvalue weighted by Crippen LogP contribution is -2.02. The van der Waals surface area contributed by atoms with Gasteiger partial charge in [0.2, 0.25) is 0 Å².